The highest BCUT2D eigenvalue weighted by molar-refractivity contribution is 5.97. The number of phenolic OH excluding ortho intramolecular Hbond substituents is 1. The Hall–Kier alpha value is -2.50. The highest BCUT2D eigenvalue weighted by atomic mass is 16.9. The smallest absolute Gasteiger partial charge is 0.342 e. The van der Waals surface area contributed by atoms with Crippen LogP contribution in [0.1, 0.15) is 61.4 Å². The van der Waals surface area contributed by atoms with Gasteiger partial charge in [-0.1, -0.05) is 12.2 Å². The first-order valence-corrected chi connectivity index (χ1v) is 11.4. The summed E-state index contributed by atoms with van der Waals surface area (Å²) in [5.74, 6) is -0.965. The van der Waals surface area contributed by atoms with Gasteiger partial charge >= 0.3 is 5.97 Å². The Balaban J connectivity index is 1.88. The summed E-state index contributed by atoms with van der Waals surface area (Å²) in [7, 11) is 0. The molecular formula is C24H32O10. The lowest BCUT2D eigenvalue weighted by molar-refractivity contribution is -0.277. The molecule has 188 valence electrons. The molecule has 0 aromatic heterocycles. The van der Waals surface area contributed by atoms with Gasteiger partial charge in [0.25, 0.3) is 0 Å². The summed E-state index contributed by atoms with van der Waals surface area (Å²) in [4.78, 5) is 24.8. The maximum atomic E-state index is 12.8. The minimum absolute atomic E-state index is 0.0161. The molecule has 5 N–H and O–H groups in total. The molecule has 6 atom stereocenters. The summed E-state index contributed by atoms with van der Waals surface area (Å²) in [6.45, 7) is 1.10. The Labute approximate surface area is 197 Å². The molecule has 1 saturated heterocycles. The van der Waals surface area contributed by atoms with E-state index in [0.717, 1.165) is 6.07 Å². The van der Waals surface area contributed by atoms with Crippen molar-refractivity contribution in [1.29, 1.82) is 0 Å². The van der Waals surface area contributed by atoms with Gasteiger partial charge < -0.3 is 39.7 Å². The van der Waals surface area contributed by atoms with Crippen LogP contribution >= 0.6 is 0 Å². The van der Waals surface area contributed by atoms with E-state index in [0.29, 0.717) is 44.1 Å². The molecule has 0 spiro atoms. The second-order valence-electron chi connectivity index (χ2n) is 8.66. The van der Waals surface area contributed by atoms with Gasteiger partial charge in [0.1, 0.15) is 47.3 Å². The van der Waals surface area contributed by atoms with Gasteiger partial charge in [0, 0.05) is 18.9 Å². The molecule has 2 heterocycles. The van der Waals surface area contributed by atoms with Gasteiger partial charge in [0.2, 0.25) is 6.29 Å². The molecule has 0 radical (unpaired) electrons. The second kappa shape index (κ2) is 11.8. The van der Waals surface area contributed by atoms with Crippen LogP contribution in [0, 0.1) is 0 Å². The van der Waals surface area contributed by atoms with E-state index in [1.807, 2.05) is 0 Å². The molecule has 0 saturated carbocycles. The van der Waals surface area contributed by atoms with E-state index in [9.17, 15) is 35.1 Å². The number of esters is 1. The van der Waals surface area contributed by atoms with Gasteiger partial charge in [0.15, 0.2) is 0 Å². The fourth-order valence-corrected chi connectivity index (χ4v) is 3.98. The van der Waals surface area contributed by atoms with E-state index in [-0.39, 0.29) is 17.1 Å². The number of aliphatic hydroxyl groups excluding tert-OH is 4. The average molecular weight is 486 g/mol. The largest absolute Gasteiger partial charge is 0.507 e. The number of cyclic esters (lactones) is 1. The van der Waals surface area contributed by atoms with Crippen LogP contribution in [0.4, 0.5) is 0 Å². The standard InChI is InChI=1S/C24H32O10/c1-13-6-5-9-15(26)8-4-2-3-7-14-10-16(11-17(27)19(14)23(31)32-13)33-24-22(30)21(29)20(28)18(12-25)34-24/h3,7,10-11,13,18,20-22,24-25,27-30H,2,4-6,8-9,12H2,1H3/b7-3+/t13-,18?,20+,21-,22?,24?/m0/s1/i12+1,18+1,20+1,21+1,22+1,24+1. The summed E-state index contributed by atoms with van der Waals surface area (Å²) in [6.07, 6.45) is -1.24. The number of aliphatic hydroxyl groups is 4. The van der Waals surface area contributed by atoms with E-state index in [1.165, 1.54) is 6.07 Å². The van der Waals surface area contributed by atoms with Crippen molar-refractivity contribution in [2.24, 2.45) is 0 Å². The van der Waals surface area contributed by atoms with Crippen LogP contribution in [-0.2, 0) is 14.3 Å². The number of carbonyl (C=O) groups excluding carboxylic acids is 2. The van der Waals surface area contributed by atoms with Gasteiger partial charge in [-0.3, -0.25) is 4.79 Å². The SMILES string of the molecule is C[C@H]1CCCC(=O)CCC/C=C/c2cc(O[13CH]3O[13CH]([13CH2]O)[13C@@H](O)[13C@H](O)[13CH]3O)cc(O)c2C(=O)O1. The molecular weight excluding hydrogens is 454 g/mol. The Bertz CT molecular complexity index is 896. The molecule has 1 fully saturated rings. The van der Waals surface area contributed by atoms with Crippen molar-refractivity contribution in [2.45, 2.75) is 82.3 Å². The molecule has 1 aromatic rings. The van der Waals surface area contributed by atoms with E-state index in [4.69, 9.17) is 14.2 Å². The van der Waals surface area contributed by atoms with Crippen LogP contribution in [0.2, 0.25) is 0 Å². The Morgan fingerprint density at radius 1 is 1.06 bits per heavy atom. The first kappa shape index (κ1) is 26.1. The maximum Gasteiger partial charge on any atom is 0.342 e. The molecule has 10 heteroatoms. The molecule has 2 aliphatic rings. The number of rotatable bonds is 3. The number of fused-ring (bicyclic) bond motifs is 1. The minimum Gasteiger partial charge on any atom is -0.507 e. The summed E-state index contributed by atoms with van der Waals surface area (Å²) in [5, 5.41) is 50.1. The monoisotopic (exact) mass is 486 g/mol. The number of Topliss-reactive ketones (excluding diaryl/α,β-unsaturated/α-hetero) is 1. The van der Waals surface area contributed by atoms with E-state index in [1.54, 1.807) is 19.1 Å². The summed E-state index contributed by atoms with van der Waals surface area (Å²) < 4.78 is 16.4. The normalized spacial score (nSPS) is 32.3. The zero-order valence-electron chi connectivity index (χ0n) is 19.0. The third-order valence-corrected chi connectivity index (χ3v) is 5.92. The zero-order valence-corrected chi connectivity index (χ0v) is 19.0. The third kappa shape index (κ3) is 6.34. The van der Waals surface area contributed by atoms with E-state index in [2.05, 4.69) is 0 Å². The second-order valence-corrected chi connectivity index (χ2v) is 8.66. The molecule has 3 rings (SSSR count). The minimum atomic E-state index is -1.63. The zero-order chi connectivity index (χ0) is 24.8. The van der Waals surface area contributed by atoms with Crippen LogP contribution in [-0.4, -0.2) is 80.7 Å². The lowest BCUT2D eigenvalue weighted by Crippen LogP contribution is -2.60. The topological polar surface area (TPSA) is 163 Å². The number of allylic oxidation sites excluding steroid dienone is 1. The summed E-state index contributed by atoms with van der Waals surface area (Å²) in [6, 6.07) is 2.60. The van der Waals surface area contributed by atoms with Crippen molar-refractivity contribution in [3.8, 4) is 11.5 Å². The number of carbonyl (C=O) groups is 2. The third-order valence-electron chi connectivity index (χ3n) is 5.92. The van der Waals surface area contributed by atoms with Crippen LogP contribution in [0.3, 0.4) is 0 Å². The molecule has 1 aromatic carbocycles. The van der Waals surface area contributed by atoms with Crippen molar-refractivity contribution in [3.05, 3.63) is 29.3 Å². The average Bonchev–Trinajstić information content (AvgIpc) is 2.78. The summed E-state index contributed by atoms with van der Waals surface area (Å²) >= 11 is 0. The quantitative estimate of drug-likeness (QED) is 0.308. The highest BCUT2D eigenvalue weighted by Crippen LogP contribution is 2.33. The first-order chi connectivity index (χ1) is 16.2. The molecule has 0 bridgehead atoms. The molecule has 34 heavy (non-hydrogen) atoms. The Morgan fingerprint density at radius 2 is 1.79 bits per heavy atom. The molecule has 0 aliphatic carbocycles. The van der Waals surface area contributed by atoms with Crippen molar-refractivity contribution in [1.82, 2.24) is 0 Å². The van der Waals surface area contributed by atoms with Gasteiger partial charge in [-0.2, -0.15) is 0 Å². The van der Waals surface area contributed by atoms with E-state index < -0.39 is 55.1 Å². The Morgan fingerprint density at radius 3 is 2.53 bits per heavy atom. The fraction of sp³-hybridized carbons (Fsp3) is 0.583. The van der Waals surface area contributed by atoms with Crippen LogP contribution < -0.4 is 4.74 Å². The lowest BCUT2D eigenvalue weighted by atomic mass is 10.0. The highest BCUT2D eigenvalue weighted by Gasteiger charge is 2.44. The maximum absolute atomic E-state index is 12.8. The van der Waals surface area contributed by atoms with Crippen LogP contribution in [0.15, 0.2) is 18.2 Å². The molecule has 0 amide bonds. The Kier molecular flexibility index (Phi) is 9.03. The van der Waals surface area contributed by atoms with Gasteiger partial charge in [0.05, 0.1) is 12.7 Å². The molecule has 3 unspecified atom stereocenters. The number of hydrogen-bond acceptors (Lipinski definition) is 10. The van der Waals surface area contributed by atoms with Gasteiger partial charge in [-0.25, -0.2) is 4.79 Å². The number of ketones is 1. The van der Waals surface area contributed by atoms with Gasteiger partial charge in [-0.15, -0.1) is 0 Å². The lowest BCUT2D eigenvalue weighted by Gasteiger charge is -2.39. The number of benzene rings is 1. The molecule has 10 nitrogen and oxygen atoms in total. The van der Waals surface area contributed by atoms with Crippen LogP contribution in [0.5, 0.6) is 11.5 Å². The van der Waals surface area contributed by atoms with Crippen LogP contribution in [0.25, 0.3) is 6.08 Å². The number of aromatic hydroxyl groups is 1. The first-order valence-electron chi connectivity index (χ1n) is 11.4. The number of ether oxygens (including phenoxy) is 3. The van der Waals surface area contributed by atoms with Crippen molar-refractivity contribution < 1.29 is 49.3 Å². The van der Waals surface area contributed by atoms with Crippen molar-refractivity contribution in [3.63, 3.8) is 0 Å². The van der Waals surface area contributed by atoms with E-state index >= 15 is 0 Å². The predicted molar refractivity (Wildman–Crippen MR) is 119 cm³/mol. The molecule has 2 aliphatic heterocycles. The van der Waals surface area contributed by atoms with Crippen molar-refractivity contribution >= 4 is 17.8 Å². The van der Waals surface area contributed by atoms with Gasteiger partial charge in [-0.05, 0) is 44.2 Å². The fourth-order valence-electron chi connectivity index (χ4n) is 3.98. The number of phenols is 1. The summed E-state index contributed by atoms with van der Waals surface area (Å²) in [5.41, 5.74) is 0.234. The van der Waals surface area contributed by atoms with Crippen molar-refractivity contribution in [2.75, 3.05) is 6.61 Å². The predicted octanol–water partition coefficient (Wildman–Crippen LogP) is 1.05. The number of hydrogen-bond donors (Lipinski definition) is 5.